The van der Waals surface area contributed by atoms with Gasteiger partial charge >= 0.3 is 0 Å². The third kappa shape index (κ3) is 1.79. The Morgan fingerprint density at radius 2 is 2.18 bits per heavy atom. The second-order valence-electron chi connectivity index (χ2n) is 3.72. The average molecular weight is 259 g/mol. The van der Waals surface area contributed by atoms with Crippen molar-refractivity contribution >= 4 is 38.5 Å². The second kappa shape index (κ2) is 4.05. The molecule has 84 valence electrons. The molecular weight excluding hydrogens is 250 g/mol. The fourth-order valence-corrected chi connectivity index (χ4v) is 3.41. The summed E-state index contributed by atoms with van der Waals surface area (Å²) in [5, 5.41) is 4.06. The van der Waals surface area contributed by atoms with E-state index in [1.807, 2.05) is 36.6 Å². The highest BCUT2D eigenvalue weighted by molar-refractivity contribution is 7.18. The first kappa shape index (κ1) is 10.6. The molecule has 0 N–H and O–H groups in total. The summed E-state index contributed by atoms with van der Waals surface area (Å²) < 4.78 is 1.06. The zero-order valence-corrected chi connectivity index (χ0v) is 10.8. The molecule has 0 aliphatic rings. The first-order valence-electron chi connectivity index (χ1n) is 5.19. The zero-order valence-electron chi connectivity index (χ0n) is 9.14. The quantitative estimate of drug-likeness (QED) is 0.653. The van der Waals surface area contributed by atoms with Gasteiger partial charge in [0.2, 0.25) is 5.78 Å². The Bertz CT molecular complexity index is 696. The summed E-state index contributed by atoms with van der Waals surface area (Å²) in [5.74, 6) is 0.0728. The third-order valence-corrected chi connectivity index (χ3v) is 4.44. The first-order chi connectivity index (χ1) is 8.25. The molecule has 0 radical (unpaired) electrons. The Morgan fingerprint density at radius 1 is 1.29 bits per heavy atom. The molecule has 1 aromatic carbocycles. The Hall–Kier alpha value is -1.52. The molecule has 2 aromatic heterocycles. The van der Waals surface area contributed by atoms with Gasteiger partial charge < -0.3 is 0 Å². The minimum atomic E-state index is 0.0728. The van der Waals surface area contributed by atoms with Crippen LogP contribution >= 0.6 is 22.7 Å². The van der Waals surface area contributed by atoms with E-state index in [9.17, 15) is 4.79 Å². The molecular formula is C13H9NOS2. The fourth-order valence-electron chi connectivity index (χ4n) is 1.77. The van der Waals surface area contributed by atoms with E-state index in [0.29, 0.717) is 4.88 Å². The summed E-state index contributed by atoms with van der Waals surface area (Å²) in [4.78, 5) is 17.2. The molecule has 0 aliphatic heterocycles. The number of benzene rings is 1. The highest BCUT2D eigenvalue weighted by Gasteiger charge is 2.15. The maximum Gasteiger partial charge on any atom is 0.206 e. The maximum absolute atomic E-state index is 12.3. The number of carbonyl (C=O) groups excluding carboxylic acids is 1. The van der Waals surface area contributed by atoms with Crippen molar-refractivity contribution in [3.05, 3.63) is 51.3 Å². The molecule has 0 fully saturated rings. The van der Waals surface area contributed by atoms with Gasteiger partial charge in [0.25, 0.3) is 0 Å². The van der Waals surface area contributed by atoms with Crippen LogP contribution in [-0.2, 0) is 0 Å². The molecule has 0 saturated heterocycles. The minimum Gasteiger partial charge on any atom is -0.288 e. The first-order valence-corrected chi connectivity index (χ1v) is 6.88. The third-order valence-electron chi connectivity index (χ3n) is 2.57. The molecule has 3 aromatic rings. The number of ketones is 1. The molecule has 0 atom stereocenters. The number of fused-ring (bicyclic) bond motifs is 1. The van der Waals surface area contributed by atoms with Crippen molar-refractivity contribution in [2.75, 3.05) is 0 Å². The monoisotopic (exact) mass is 259 g/mol. The second-order valence-corrected chi connectivity index (χ2v) is 5.87. The van der Waals surface area contributed by atoms with Gasteiger partial charge in [0, 0.05) is 16.5 Å². The number of nitrogens with zero attached hydrogens (tertiary/aromatic N) is 1. The minimum absolute atomic E-state index is 0.0728. The van der Waals surface area contributed by atoms with Crippen molar-refractivity contribution in [3.8, 4) is 0 Å². The van der Waals surface area contributed by atoms with E-state index in [1.54, 1.807) is 17.5 Å². The molecule has 4 heteroatoms. The van der Waals surface area contributed by atoms with Crippen LogP contribution in [0.15, 0.2) is 35.8 Å². The van der Waals surface area contributed by atoms with E-state index in [2.05, 4.69) is 4.98 Å². The smallest absolute Gasteiger partial charge is 0.206 e. The Morgan fingerprint density at radius 3 is 2.94 bits per heavy atom. The summed E-state index contributed by atoms with van der Waals surface area (Å²) in [5.41, 5.74) is 0.779. The number of hydrogen-bond donors (Lipinski definition) is 0. The zero-order chi connectivity index (χ0) is 11.8. The van der Waals surface area contributed by atoms with Crippen LogP contribution in [0.3, 0.4) is 0 Å². The van der Waals surface area contributed by atoms with Crippen LogP contribution in [0.5, 0.6) is 0 Å². The topological polar surface area (TPSA) is 30.0 Å². The predicted molar refractivity (Wildman–Crippen MR) is 72.1 cm³/mol. The molecule has 0 amide bonds. The summed E-state index contributed by atoms with van der Waals surface area (Å²) in [6.45, 7) is 1.91. The lowest BCUT2D eigenvalue weighted by molar-refractivity contribution is 0.104. The number of aromatic nitrogens is 1. The molecule has 3 rings (SSSR count). The van der Waals surface area contributed by atoms with Gasteiger partial charge in [0.05, 0.1) is 9.88 Å². The number of aryl methyl sites for hydroxylation is 1. The van der Waals surface area contributed by atoms with Gasteiger partial charge in [-0.3, -0.25) is 4.79 Å². The molecule has 2 nitrogen and oxygen atoms in total. The van der Waals surface area contributed by atoms with Crippen LogP contribution in [0, 0.1) is 6.92 Å². The molecule has 0 bridgehead atoms. The van der Waals surface area contributed by atoms with Crippen molar-refractivity contribution < 1.29 is 4.79 Å². The molecule has 0 aliphatic carbocycles. The van der Waals surface area contributed by atoms with Crippen LogP contribution in [0.25, 0.3) is 10.1 Å². The predicted octanol–water partition coefficient (Wildman–Crippen LogP) is 3.90. The van der Waals surface area contributed by atoms with Crippen LogP contribution in [-0.4, -0.2) is 10.8 Å². The summed E-state index contributed by atoms with van der Waals surface area (Å²) >= 11 is 3.05. The van der Waals surface area contributed by atoms with E-state index in [4.69, 9.17) is 0 Å². The SMILES string of the molecule is Cc1ncc(C(=O)c2cccc3ccsc23)s1. The number of rotatable bonds is 2. The lowest BCUT2D eigenvalue weighted by Gasteiger charge is -1.99. The lowest BCUT2D eigenvalue weighted by atomic mass is 10.1. The van der Waals surface area contributed by atoms with Gasteiger partial charge in [0.1, 0.15) is 0 Å². The highest BCUT2D eigenvalue weighted by atomic mass is 32.1. The maximum atomic E-state index is 12.3. The Labute approximate surface area is 107 Å². The fraction of sp³-hybridized carbons (Fsp3) is 0.0769. The van der Waals surface area contributed by atoms with Crippen LogP contribution < -0.4 is 0 Å². The summed E-state index contributed by atoms with van der Waals surface area (Å²) in [6.07, 6.45) is 1.66. The normalized spacial score (nSPS) is 10.9. The van der Waals surface area contributed by atoms with Gasteiger partial charge in [-0.25, -0.2) is 4.98 Å². The Kier molecular flexibility index (Phi) is 2.53. The Balaban J connectivity index is 2.15. The van der Waals surface area contributed by atoms with Crippen molar-refractivity contribution in [2.24, 2.45) is 0 Å². The van der Waals surface area contributed by atoms with Gasteiger partial charge in [-0.2, -0.15) is 0 Å². The van der Waals surface area contributed by atoms with E-state index < -0.39 is 0 Å². The molecule has 0 spiro atoms. The molecule has 0 unspecified atom stereocenters. The molecule has 0 saturated carbocycles. The number of thiophene rings is 1. The highest BCUT2D eigenvalue weighted by Crippen LogP contribution is 2.27. The van der Waals surface area contributed by atoms with Gasteiger partial charge in [-0.05, 0) is 29.8 Å². The number of thiazole rings is 1. The van der Waals surface area contributed by atoms with E-state index in [-0.39, 0.29) is 5.78 Å². The van der Waals surface area contributed by atoms with Crippen LogP contribution in [0.2, 0.25) is 0 Å². The van der Waals surface area contributed by atoms with Gasteiger partial charge in [0.15, 0.2) is 0 Å². The van der Waals surface area contributed by atoms with Crippen LogP contribution in [0.1, 0.15) is 20.2 Å². The van der Waals surface area contributed by atoms with E-state index >= 15 is 0 Å². The van der Waals surface area contributed by atoms with E-state index in [0.717, 1.165) is 20.7 Å². The van der Waals surface area contributed by atoms with Gasteiger partial charge in [-0.1, -0.05) is 12.1 Å². The van der Waals surface area contributed by atoms with Crippen molar-refractivity contribution in [1.82, 2.24) is 4.98 Å². The van der Waals surface area contributed by atoms with Gasteiger partial charge in [-0.15, -0.1) is 22.7 Å². The summed E-state index contributed by atoms with van der Waals surface area (Å²) in [6, 6.07) is 7.88. The molecule has 17 heavy (non-hydrogen) atoms. The molecule has 2 heterocycles. The number of carbonyl (C=O) groups is 1. The van der Waals surface area contributed by atoms with Crippen molar-refractivity contribution in [3.63, 3.8) is 0 Å². The number of hydrogen-bond acceptors (Lipinski definition) is 4. The van der Waals surface area contributed by atoms with E-state index in [1.165, 1.54) is 11.3 Å². The van der Waals surface area contributed by atoms with Crippen molar-refractivity contribution in [2.45, 2.75) is 6.92 Å². The average Bonchev–Trinajstić information content (AvgIpc) is 2.95. The standard InChI is InChI=1S/C13H9NOS2/c1-8-14-7-11(17-8)12(15)10-4-2-3-9-5-6-16-13(9)10/h2-7H,1H3. The van der Waals surface area contributed by atoms with Crippen molar-refractivity contribution in [1.29, 1.82) is 0 Å². The summed E-state index contributed by atoms with van der Waals surface area (Å²) in [7, 11) is 0. The van der Waals surface area contributed by atoms with Crippen LogP contribution in [0.4, 0.5) is 0 Å². The lowest BCUT2D eigenvalue weighted by Crippen LogP contribution is -1.98. The largest absolute Gasteiger partial charge is 0.288 e.